The number of carbonyl (C=O) groups is 2. The zero-order valence-corrected chi connectivity index (χ0v) is 14.3. The molecule has 1 aliphatic rings. The van der Waals surface area contributed by atoms with Gasteiger partial charge in [-0.1, -0.05) is 44.2 Å². The van der Waals surface area contributed by atoms with Gasteiger partial charge in [0.2, 0.25) is 5.91 Å². The number of fused-ring (bicyclic) bond motifs is 1. The second-order valence-electron chi connectivity index (χ2n) is 6.70. The Bertz CT molecular complexity index is 804. The van der Waals surface area contributed by atoms with E-state index in [1.807, 2.05) is 32.0 Å². The molecular weight excluding hydrogens is 319 g/mol. The molecule has 0 spiro atoms. The second-order valence-corrected chi connectivity index (χ2v) is 6.70. The summed E-state index contributed by atoms with van der Waals surface area (Å²) < 4.78 is 13.8. The Labute approximate surface area is 146 Å². The van der Waals surface area contributed by atoms with Gasteiger partial charge in [-0.2, -0.15) is 0 Å². The molecule has 1 aliphatic heterocycles. The molecule has 3 rings (SSSR count). The van der Waals surface area contributed by atoms with Crippen LogP contribution in [0.15, 0.2) is 48.5 Å². The Morgan fingerprint density at radius 1 is 1.16 bits per heavy atom. The minimum Gasteiger partial charge on any atom is -0.322 e. The number of hydrogen-bond donors (Lipinski definition) is 1. The molecule has 1 heterocycles. The van der Waals surface area contributed by atoms with E-state index in [9.17, 15) is 14.0 Å². The lowest BCUT2D eigenvalue weighted by Crippen LogP contribution is -2.45. The normalized spacial score (nSPS) is 14.6. The number of hydrogen-bond acceptors (Lipinski definition) is 2. The number of carbonyl (C=O) groups excluding carboxylic acids is 2. The molecular formula is C20H21FN2O2. The van der Waals surface area contributed by atoms with Crippen LogP contribution >= 0.6 is 0 Å². The molecule has 0 radical (unpaired) electrons. The molecule has 5 heteroatoms. The first-order valence-corrected chi connectivity index (χ1v) is 8.41. The van der Waals surface area contributed by atoms with Crippen LogP contribution in [0.5, 0.6) is 0 Å². The number of para-hydroxylation sites is 1. The van der Waals surface area contributed by atoms with Gasteiger partial charge in [0.05, 0.1) is 5.69 Å². The van der Waals surface area contributed by atoms with E-state index in [2.05, 4.69) is 5.32 Å². The van der Waals surface area contributed by atoms with E-state index >= 15 is 0 Å². The molecule has 0 aromatic heterocycles. The van der Waals surface area contributed by atoms with Crippen molar-refractivity contribution in [3.63, 3.8) is 0 Å². The summed E-state index contributed by atoms with van der Waals surface area (Å²) in [5.74, 6) is -0.784. The second kappa shape index (κ2) is 7.05. The highest BCUT2D eigenvalue weighted by Gasteiger charge is 2.36. The smallest absolute Gasteiger partial charge is 0.255 e. The van der Waals surface area contributed by atoms with Gasteiger partial charge in [0.1, 0.15) is 11.9 Å². The molecule has 2 aromatic rings. The molecule has 1 N–H and O–H groups in total. The van der Waals surface area contributed by atoms with E-state index < -0.39 is 11.9 Å². The zero-order chi connectivity index (χ0) is 18.0. The summed E-state index contributed by atoms with van der Waals surface area (Å²) in [4.78, 5) is 27.1. The summed E-state index contributed by atoms with van der Waals surface area (Å²) in [6, 6.07) is 12.8. The zero-order valence-electron chi connectivity index (χ0n) is 14.3. The number of halogens is 1. The van der Waals surface area contributed by atoms with Crippen LogP contribution in [0.3, 0.4) is 0 Å². The maximum Gasteiger partial charge on any atom is 0.255 e. The van der Waals surface area contributed by atoms with Gasteiger partial charge in [-0.25, -0.2) is 4.39 Å². The minimum atomic E-state index is -0.639. The van der Waals surface area contributed by atoms with Gasteiger partial charge in [0, 0.05) is 12.1 Å². The van der Waals surface area contributed by atoms with E-state index in [1.54, 1.807) is 23.1 Å². The Morgan fingerprint density at radius 3 is 2.52 bits per heavy atom. The van der Waals surface area contributed by atoms with Gasteiger partial charge in [-0.05, 0) is 36.1 Å². The summed E-state index contributed by atoms with van der Waals surface area (Å²) in [6.07, 6.45) is 0.514. The van der Waals surface area contributed by atoms with Gasteiger partial charge in [-0.3, -0.25) is 9.59 Å². The van der Waals surface area contributed by atoms with Crippen molar-refractivity contribution in [2.45, 2.75) is 32.9 Å². The number of nitrogens with one attached hydrogen (secondary N) is 1. The van der Waals surface area contributed by atoms with Crippen LogP contribution in [-0.2, 0) is 11.3 Å². The van der Waals surface area contributed by atoms with E-state index in [4.69, 9.17) is 0 Å². The van der Waals surface area contributed by atoms with E-state index in [0.717, 1.165) is 5.56 Å². The Hall–Kier alpha value is -2.69. The highest BCUT2D eigenvalue weighted by molar-refractivity contribution is 6.03. The monoisotopic (exact) mass is 340 g/mol. The van der Waals surface area contributed by atoms with Crippen molar-refractivity contribution in [3.8, 4) is 0 Å². The largest absolute Gasteiger partial charge is 0.322 e. The fourth-order valence-corrected chi connectivity index (χ4v) is 3.13. The van der Waals surface area contributed by atoms with Crippen molar-refractivity contribution in [2.24, 2.45) is 5.92 Å². The van der Waals surface area contributed by atoms with Crippen molar-refractivity contribution >= 4 is 17.5 Å². The molecule has 0 aliphatic carbocycles. The highest BCUT2D eigenvalue weighted by Crippen LogP contribution is 2.27. The van der Waals surface area contributed by atoms with Gasteiger partial charge in [-0.15, -0.1) is 0 Å². The third-order valence-corrected chi connectivity index (χ3v) is 4.35. The van der Waals surface area contributed by atoms with Crippen LogP contribution in [0.2, 0.25) is 0 Å². The molecule has 0 fully saturated rings. The van der Waals surface area contributed by atoms with Crippen molar-refractivity contribution < 1.29 is 14.0 Å². The summed E-state index contributed by atoms with van der Waals surface area (Å²) in [5, 5.41) is 2.63. The quantitative estimate of drug-likeness (QED) is 0.899. The standard InChI is InChI=1S/C20H21FN2O2/c1-13(2)11-18(19(24)22-17-10-6-5-9-16(17)21)23-12-14-7-3-4-8-15(14)20(23)25/h3-10,13,18H,11-12H2,1-2H3,(H,22,24). The molecule has 25 heavy (non-hydrogen) atoms. The highest BCUT2D eigenvalue weighted by atomic mass is 19.1. The third kappa shape index (κ3) is 3.55. The van der Waals surface area contributed by atoms with Crippen molar-refractivity contribution in [3.05, 3.63) is 65.5 Å². The average Bonchev–Trinajstić information content (AvgIpc) is 2.91. The predicted octanol–water partition coefficient (Wildman–Crippen LogP) is 3.83. The van der Waals surface area contributed by atoms with Crippen LogP contribution < -0.4 is 5.32 Å². The number of benzene rings is 2. The third-order valence-electron chi connectivity index (χ3n) is 4.35. The number of nitrogens with zero attached hydrogens (tertiary/aromatic N) is 1. The molecule has 2 aromatic carbocycles. The first-order valence-electron chi connectivity index (χ1n) is 8.41. The van der Waals surface area contributed by atoms with Crippen LogP contribution in [0.1, 0.15) is 36.2 Å². The molecule has 2 amide bonds. The lowest BCUT2D eigenvalue weighted by molar-refractivity contribution is -0.121. The van der Waals surface area contributed by atoms with Crippen LogP contribution in [0, 0.1) is 11.7 Å². The predicted molar refractivity (Wildman–Crippen MR) is 94.6 cm³/mol. The topological polar surface area (TPSA) is 49.4 Å². The summed E-state index contributed by atoms with van der Waals surface area (Å²) in [6.45, 7) is 4.39. The Balaban J connectivity index is 1.84. The van der Waals surface area contributed by atoms with E-state index in [0.29, 0.717) is 18.5 Å². The van der Waals surface area contributed by atoms with Crippen molar-refractivity contribution in [2.75, 3.05) is 5.32 Å². The van der Waals surface area contributed by atoms with E-state index in [-0.39, 0.29) is 23.4 Å². The number of anilines is 1. The van der Waals surface area contributed by atoms with Crippen LogP contribution in [-0.4, -0.2) is 22.8 Å². The maximum absolute atomic E-state index is 13.8. The van der Waals surface area contributed by atoms with Crippen LogP contribution in [0.25, 0.3) is 0 Å². The fraction of sp³-hybridized carbons (Fsp3) is 0.300. The minimum absolute atomic E-state index is 0.130. The number of rotatable bonds is 5. The summed E-state index contributed by atoms with van der Waals surface area (Å²) in [7, 11) is 0. The maximum atomic E-state index is 13.8. The molecule has 130 valence electrons. The Kier molecular flexibility index (Phi) is 4.83. The molecule has 4 nitrogen and oxygen atoms in total. The van der Waals surface area contributed by atoms with Crippen molar-refractivity contribution in [1.82, 2.24) is 4.90 Å². The molecule has 0 saturated carbocycles. The molecule has 1 unspecified atom stereocenters. The van der Waals surface area contributed by atoms with Gasteiger partial charge >= 0.3 is 0 Å². The number of amides is 2. The first-order chi connectivity index (χ1) is 12.0. The summed E-state index contributed by atoms with van der Waals surface area (Å²) >= 11 is 0. The van der Waals surface area contributed by atoms with Gasteiger partial charge in [0.15, 0.2) is 0 Å². The molecule has 0 saturated heterocycles. The van der Waals surface area contributed by atoms with E-state index in [1.165, 1.54) is 12.1 Å². The molecule has 1 atom stereocenters. The summed E-state index contributed by atoms with van der Waals surface area (Å²) in [5.41, 5.74) is 1.68. The van der Waals surface area contributed by atoms with Gasteiger partial charge < -0.3 is 10.2 Å². The fourth-order valence-electron chi connectivity index (χ4n) is 3.13. The lowest BCUT2D eigenvalue weighted by atomic mass is 10.0. The average molecular weight is 340 g/mol. The van der Waals surface area contributed by atoms with Crippen LogP contribution in [0.4, 0.5) is 10.1 Å². The lowest BCUT2D eigenvalue weighted by Gasteiger charge is -2.28. The SMILES string of the molecule is CC(C)CC(C(=O)Nc1ccccc1F)N1Cc2ccccc2C1=O. The molecule has 0 bridgehead atoms. The van der Waals surface area contributed by atoms with Crippen molar-refractivity contribution in [1.29, 1.82) is 0 Å². The first kappa shape index (κ1) is 17.1. The van der Waals surface area contributed by atoms with Gasteiger partial charge in [0.25, 0.3) is 5.91 Å². The Morgan fingerprint density at radius 2 is 1.84 bits per heavy atom.